The van der Waals surface area contributed by atoms with Crippen molar-refractivity contribution in [1.29, 1.82) is 0 Å². The summed E-state index contributed by atoms with van der Waals surface area (Å²) < 4.78 is 1.71. The Morgan fingerprint density at radius 3 is 2.29 bits per heavy atom. The molecule has 1 heterocycles. The van der Waals surface area contributed by atoms with Gasteiger partial charge in [0.2, 0.25) is 5.91 Å². The van der Waals surface area contributed by atoms with Gasteiger partial charge in [-0.3, -0.25) is 4.79 Å². The minimum absolute atomic E-state index is 0.129. The molecule has 9 heteroatoms. The molecule has 0 bridgehead atoms. The largest absolute Gasteiger partial charge is 0.322 e. The Morgan fingerprint density at radius 1 is 1.00 bits per heavy atom. The first kappa shape index (κ1) is 26.6. The zero-order chi connectivity index (χ0) is 25.8. The summed E-state index contributed by atoms with van der Waals surface area (Å²) in [6, 6.07) is 15.9. The molecule has 0 radical (unpaired) electrons. The number of carbonyl (C=O) groups excluding carboxylic acids is 2. The standard InChI is InChI=1S/C26H31Cl2N5O2/c1-17(2)15-32(25(35)29-18-11-12-20(27)21(28)13-18)16-24(34)30-23-14-22(26(3,4)5)31-33(23)19-9-7-6-8-10-19/h6-14,17H,15-16H2,1-5H3,(H,29,35)(H,30,34). The molecule has 3 aromatic rings. The second-order valence-corrected chi connectivity index (χ2v) is 10.6. The summed E-state index contributed by atoms with van der Waals surface area (Å²) in [5.74, 6) is 0.373. The molecule has 0 unspecified atom stereocenters. The zero-order valence-electron chi connectivity index (χ0n) is 20.6. The van der Waals surface area contributed by atoms with Gasteiger partial charge in [-0.15, -0.1) is 0 Å². The first-order valence-electron chi connectivity index (χ1n) is 11.4. The molecule has 7 nitrogen and oxygen atoms in total. The van der Waals surface area contributed by atoms with Gasteiger partial charge in [0.25, 0.3) is 0 Å². The molecule has 186 valence electrons. The van der Waals surface area contributed by atoms with Gasteiger partial charge in [-0.2, -0.15) is 5.10 Å². The monoisotopic (exact) mass is 515 g/mol. The van der Waals surface area contributed by atoms with Crippen LogP contribution in [0, 0.1) is 5.92 Å². The molecule has 1 aromatic heterocycles. The fourth-order valence-corrected chi connectivity index (χ4v) is 3.69. The van der Waals surface area contributed by atoms with Crippen LogP contribution in [-0.2, 0) is 10.2 Å². The summed E-state index contributed by atoms with van der Waals surface area (Å²) in [4.78, 5) is 27.6. The van der Waals surface area contributed by atoms with Crippen molar-refractivity contribution in [2.75, 3.05) is 23.7 Å². The Kier molecular flexibility index (Phi) is 8.46. The number of carbonyl (C=O) groups is 2. The highest BCUT2D eigenvalue weighted by Crippen LogP contribution is 2.27. The number of hydrogen-bond acceptors (Lipinski definition) is 3. The number of nitrogens with zero attached hydrogens (tertiary/aromatic N) is 3. The van der Waals surface area contributed by atoms with Gasteiger partial charge in [0.15, 0.2) is 0 Å². The summed E-state index contributed by atoms with van der Waals surface area (Å²) in [5.41, 5.74) is 1.96. The number of benzene rings is 2. The van der Waals surface area contributed by atoms with E-state index in [4.69, 9.17) is 28.3 Å². The lowest BCUT2D eigenvalue weighted by Crippen LogP contribution is -2.42. The molecule has 2 N–H and O–H groups in total. The molecule has 0 atom stereocenters. The van der Waals surface area contributed by atoms with Crippen LogP contribution in [0.2, 0.25) is 10.0 Å². The van der Waals surface area contributed by atoms with Crippen molar-refractivity contribution in [2.24, 2.45) is 5.92 Å². The lowest BCUT2D eigenvalue weighted by atomic mass is 9.92. The van der Waals surface area contributed by atoms with Crippen LogP contribution in [0.1, 0.15) is 40.3 Å². The number of para-hydroxylation sites is 1. The highest BCUT2D eigenvalue weighted by Gasteiger charge is 2.23. The van der Waals surface area contributed by atoms with E-state index in [1.165, 1.54) is 4.90 Å². The van der Waals surface area contributed by atoms with Crippen LogP contribution in [0.4, 0.5) is 16.3 Å². The van der Waals surface area contributed by atoms with E-state index < -0.39 is 6.03 Å². The molecule has 0 fully saturated rings. The minimum Gasteiger partial charge on any atom is -0.315 e. The highest BCUT2D eigenvalue weighted by molar-refractivity contribution is 6.42. The van der Waals surface area contributed by atoms with Gasteiger partial charge in [0.05, 0.1) is 21.4 Å². The third-order valence-corrected chi connectivity index (χ3v) is 5.86. The summed E-state index contributed by atoms with van der Waals surface area (Å²) in [5, 5.41) is 11.2. The molecule has 3 amide bonds. The van der Waals surface area contributed by atoms with Crippen molar-refractivity contribution in [2.45, 2.75) is 40.0 Å². The highest BCUT2D eigenvalue weighted by atomic mass is 35.5. The third kappa shape index (κ3) is 7.23. The average molecular weight is 516 g/mol. The smallest absolute Gasteiger partial charge is 0.315 e. The van der Waals surface area contributed by atoms with E-state index in [0.29, 0.717) is 28.1 Å². The Hall–Kier alpha value is -3.03. The van der Waals surface area contributed by atoms with E-state index in [1.807, 2.05) is 50.2 Å². The molecule has 0 aliphatic carbocycles. The normalized spacial score (nSPS) is 11.4. The predicted octanol–water partition coefficient (Wildman–Crippen LogP) is 6.61. The Labute approximate surface area is 216 Å². The molecule has 2 aromatic carbocycles. The van der Waals surface area contributed by atoms with Crippen molar-refractivity contribution in [3.05, 3.63) is 70.3 Å². The van der Waals surface area contributed by atoms with Crippen LogP contribution in [0.3, 0.4) is 0 Å². The van der Waals surface area contributed by atoms with Crippen LogP contribution in [0.5, 0.6) is 0 Å². The van der Waals surface area contributed by atoms with Crippen molar-refractivity contribution in [3.8, 4) is 5.69 Å². The van der Waals surface area contributed by atoms with Crippen molar-refractivity contribution in [3.63, 3.8) is 0 Å². The van der Waals surface area contributed by atoms with Crippen LogP contribution in [-0.4, -0.2) is 39.7 Å². The van der Waals surface area contributed by atoms with Gasteiger partial charge in [0.1, 0.15) is 12.4 Å². The number of hydrogen-bond donors (Lipinski definition) is 2. The Balaban J connectivity index is 1.80. The first-order valence-corrected chi connectivity index (χ1v) is 12.2. The number of anilines is 2. The third-order valence-electron chi connectivity index (χ3n) is 5.12. The maximum atomic E-state index is 13.1. The number of halogens is 2. The second-order valence-electron chi connectivity index (χ2n) is 9.79. The van der Waals surface area contributed by atoms with Crippen molar-refractivity contribution in [1.82, 2.24) is 14.7 Å². The topological polar surface area (TPSA) is 79.3 Å². The molecule has 3 rings (SSSR count). The molecule has 0 aliphatic heterocycles. The van der Waals surface area contributed by atoms with Gasteiger partial charge < -0.3 is 15.5 Å². The molecule has 0 saturated heterocycles. The summed E-state index contributed by atoms with van der Waals surface area (Å²) in [7, 11) is 0. The maximum Gasteiger partial charge on any atom is 0.322 e. The lowest BCUT2D eigenvalue weighted by molar-refractivity contribution is -0.116. The van der Waals surface area contributed by atoms with Crippen molar-refractivity contribution < 1.29 is 9.59 Å². The predicted molar refractivity (Wildman–Crippen MR) is 143 cm³/mol. The number of urea groups is 1. The van der Waals surface area contributed by atoms with E-state index in [-0.39, 0.29) is 23.8 Å². The average Bonchev–Trinajstić information content (AvgIpc) is 3.20. The molecule has 0 spiro atoms. The second kappa shape index (κ2) is 11.1. The van der Waals surface area contributed by atoms with E-state index in [0.717, 1.165) is 11.4 Å². The molecular formula is C26H31Cl2N5O2. The maximum absolute atomic E-state index is 13.1. The van der Waals surface area contributed by atoms with E-state index in [9.17, 15) is 9.59 Å². The summed E-state index contributed by atoms with van der Waals surface area (Å²) in [6.07, 6.45) is 0. The van der Waals surface area contributed by atoms with Gasteiger partial charge in [-0.05, 0) is 36.2 Å². The van der Waals surface area contributed by atoms with Crippen LogP contribution < -0.4 is 10.6 Å². The van der Waals surface area contributed by atoms with Crippen LogP contribution in [0.15, 0.2) is 54.6 Å². The number of amides is 3. The Morgan fingerprint density at radius 2 is 1.69 bits per heavy atom. The number of nitrogens with one attached hydrogen (secondary N) is 2. The first-order chi connectivity index (χ1) is 16.4. The minimum atomic E-state index is -0.404. The fourth-order valence-electron chi connectivity index (χ4n) is 3.39. The molecule has 35 heavy (non-hydrogen) atoms. The number of aromatic nitrogens is 2. The van der Waals surface area contributed by atoms with Gasteiger partial charge >= 0.3 is 6.03 Å². The lowest BCUT2D eigenvalue weighted by Gasteiger charge is -2.24. The van der Waals surface area contributed by atoms with E-state index >= 15 is 0 Å². The van der Waals surface area contributed by atoms with Gasteiger partial charge in [-0.25, -0.2) is 9.48 Å². The van der Waals surface area contributed by atoms with Crippen molar-refractivity contribution >= 4 is 46.6 Å². The summed E-state index contributed by atoms with van der Waals surface area (Å²) >= 11 is 12.0. The number of rotatable bonds is 7. The summed E-state index contributed by atoms with van der Waals surface area (Å²) in [6.45, 7) is 10.4. The molecule has 0 saturated carbocycles. The zero-order valence-corrected chi connectivity index (χ0v) is 22.1. The van der Waals surface area contributed by atoms with E-state index in [1.54, 1.807) is 22.9 Å². The van der Waals surface area contributed by atoms with Gasteiger partial charge in [-0.1, -0.05) is 76.0 Å². The van der Waals surface area contributed by atoms with Gasteiger partial charge in [0, 0.05) is 23.7 Å². The molecule has 0 aliphatic rings. The van der Waals surface area contributed by atoms with Crippen LogP contribution >= 0.6 is 23.2 Å². The van der Waals surface area contributed by atoms with E-state index in [2.05, 4.69) is 31.4 Å². The quantitative estimate of drug-likeness (QED) is 0.371. The molecular weight excluding hydrogens is 485 g/mol. The SMILES string of the molecule is CC(C)CN(CC(=O)Nc1cc(C(C)(C)C)nn1-c1ccccc1)C(=O)Nc1ccc(Cl)c(Cl)c1. The fraction of sp³-hybridized carbons (Fsp3) is 0.346. The van der Waals surface area contributed by atoms with Crippen LogP contribution in [0.25, 0.3) is 5.69 Å². The Bertz CT molecular complexity index is 1190.